The van der Waals surface area contributed by atoms with Gasteiger partial charge in [0.25, 0.3) is 0 Å². The first-order chi connectivity index (χ1) is 9.36. The Kier molecular flexibility index (Phi) is 4.82. The van der Waals surface area contributed by atoms with Crippen molar-refractivity contribution in [1.29, 1.82) is 0 Å². The molecule has 2 heterocycles. The van der Waals surface area contributed by atoms with Crippen molar-refractivity contribution in [3.63, 3.8) is 0 Å². The molecule has 0 unspecified atom stereocenters. The fraction of sp³-hybridized carbons (Fsp3) is 0.769. The lowest BCUT2D eigenvalue weighted by atomic mass is 9.98. The number of hydrogen-bond acceptors (Lipinski definition) is 4. The summed E-state index contributed by atoms with van der Waals surface area (Å²) in [5.74, 6) is 0.553. The van der Waals surface area contributed by atoms with E-state index in [0.717, 1.165) is 31.6 Å². The molecule has 1 fully saturated rings. The van der Waals surface area contributed by atoms with Crippen LogP contribution in [0.15, 0.2) is 6.20 Å². The van der Waals surface area contributed by atoms with E-state index in [1.165, 1.54) is 11.8 Å². The molecule has 1 saturated heterocycles. The summed E-state index contributed by atoms with van der Waals surface area (Å²) in [5.41, 5.74) is 2.29. The van der Waals surface area contributed by atoms with Crippen LogP contribution in [0.2, 0.25) is 0 Å². The Morgan fingerprint density at radius 2 is 2.05 bits per heavy atom. The Balaban J connectivity index is 1.73. The molecule has 0 aromatic carbocycles. The Hall–Kier alpha value is -0.920. The Morgan fingerprint density at radius 3 is 2.55 bits per heavy atom. The molecule has 1 aromatic rings. The smallest absolute Gasteiger partial charge is 0.211 e. The predicted molar refractivity (Wildman–Crippen MR) is 78.8 cm³/mol. The number of nitrogens with one attached hydrogen (secondary N) is 1. The molecule has 0 radical (unpaired) electrons. The quantitative estimate of drug-likeness (QED) is 0.859. The van der Waals surface area contributed by atoms with E-state index in [9.17, 15) is 8.42 Å². The summed E-state index contributed by atoms with van der Waals surface area (Å²) in [5, 5.41) is 7.84. The summed E-state index contributed by atoms with van der Waals surface area (Å²) >= 11 is 0. The number of sulfonamides is 1. The van der Waals surface area contributed by atoms with Crippen LogP contribution in [0.3, 0.4) is 0 Å². The van der Waals surface area contributed by atoms with Gasteiger partial charge >= 0.3 is 0 Å². The molecular weight excluding hydrogens is 276 g/mol. The molecule has 2 rings (SSSR count). The van der Waals surface area contributed by atoms with Gasteiger partial charge in [-0.25, -0.2) is 12.7 Å². The van der Waals surface area contributed by atoms with E-state index in [-0.39, 0.29) is 0 Å². The monoisotopic (exact) mass is 300 g/mol. The molecule has 7 heteroatoms. The standard InChI is InChI=1S/C13H24N4O2S/c1-11-10-16(2)15-13(11)9-14-8-12-4-6-17(7-5-12)20(3,18)19/h10,12,14H,4-9H2,1-3H3. The zero-order valence-electron chi connectivity index (χ0n) is 12.5. The summed E-state index contributed by atoms with van der Waals surface area (Å²) < 4.78 is 26.3. The van der Waals surface area contributed by atoms with Crippen LogP contribution >= 0.6 is 0 Å². The van der Waals surface area contributed by atoms with Gasteiger partial charge in [-0.05, 0) is 37.8 Å². The van der Waals surface area contributed by atoms with Crippen molar-refractivity contribution in [1.82, 2.24) is 19.4 Å². The number of aryl methyl sites for hydroxylation is 2. The second kappa shape index (κ2) is 6.24. The van der Waals surface area contributed by atoms with Crippen molar-refractivity contribution in [2.75, 3.05) is 25.9 Å². The highest BCUT2D eigenvalue weighted by molar-refractivity contribution is 7.88. The Bertz CT molecular complexity index is 545. The highest BCUT2D eigenvalue weighted by Gasteiger charge is 2.24. The van der Waals surface area contributed by atoms with E-state index in [4.69, 9.17) is 0 Å². The fourth-order valence-electron chi connectivity index (χ4n) is 2.67. The summed E-state index contributed by atoms with van der Waals surface area (Å²) in [6.07, 6.45) is 5.17. The lowest BCUT2D eigenvalue weighted by Gasteiger charge is -2.30. The van der Waals surface area contributed by atoms with Crippen molar-refractivity contribution in [3.8, 4) is 0 Å². The van der Waals surface area contributed by atoms with Gasteiger partial charge in [0.2, 0.25) is 10.0 Å². The highest BCUT2D eigenvalue weighted by Crippen LogP contribution is 2.18. The summed E-state index contributed by atoms with van der Waals surface area (Å²) in [6.45, 7) is 5.06. The molecule has 0 aliphatic carbocycles. The normalized spacial score (nSPS) is 18.6. The van der Waals surface area contributed by atoms with Gasteiger partial charge in [0.15, 0.2) is 0 Å². The molecule has 0 bridgehead atoms. The molecule has 0 atom stereocenters. The number of hydrogen-bond donors (Lipinski definition) is 1. The van der Waals surface area contributed by atoms with Crippen LogP contribution in [0.1, 0.15) is 24.1 Å². The van der Waals surface area contributed by atoms with Crippen molar-refractivity contribution in [2.45, 2.75) is 26.3 Å². The fourth-order valence-corrected chi connectivity index (χ4v) is 3.54. The molecule has 1 aliphatic heterocycles. The molecule has 1 N–H and O–H groups in total. The zero-order chi connectivity index (χ0) is 14.8. The van der Waals surface area contributed by atoms with E-state index < -0.39 is 10.0 Å². The molecule has 1 aliphatic rings. The van der Waals surface area contributed by atoms with Gasteiger partial charge in [-0.1, -0.05) is 0 Å². The first kappa shape index (κ1) is 15.5. The molecule has 6 nitrogen and oxygen atoms in total. The van der Waals surface area contributed by atoms with E-state index >= 15 is 0 Å². The number of nitrogens with zero attached hydrogens (tertiary/aromatic N) is 3. The van der Waals surface area contributed by atoms with Crippen molar-refractivity contribution >= 4 is 10.0 Å². The average molecular weight is 300 g/mol. The number of piperidine rings is 1. The predicted octanol–water partition coefficient (Wildman–Crippen LogP) is 0.490. The second-order valence-electron chi connectivity index (χ2n) is 5.67. The van der Waals surface area contributed by atoms with Crippen LogP contribution in [0.5, 0.6) is 0 Å². The first-order valence-electron chi connectivity index (χ1n) is 7.01. The first-order valence-corrected chi connectivity index (χ1v) is 8.86. The topological polar surface area (TPSA) is 67.2 Å². The third-order valence-corrected chi connectivity index (χ3v) is 5.19. The molecule has 1 aromatic heterocycles. The minimum atomic E-state index is -3.02. The van der Waals surface area contributed by atoms with Crippen molar-refractivity contribution < 1.29 is 8.42 Å². The third kappa shape index (κ3) is 4.04. The van der Waals surface area contributed by atoms with Crippen LogP contribution in [-0.2, 0) is 23.6 Å². The average Bonchev–Trinajstić information content (AvgIpc) is 2.67. The Morgan fingerprint density at radius 1 is 1.40 bits per heavy atom. The molecular formula is C13H24N4O2S. The lowest BCUT2D eigenvalue weighted by molar-refractivity contribution is 0.268. The zero-order valence-corrected chi connectivity index (χ0v) is 13.3. The van der Waals surface area contributed by atoms with E-state index in [1.54, 1.807) is 4.31 Å². The molecule has 0 spiro atoms. The lowest BCUT2D eigenvalue weighted by Crippen LogP contribution is -2.40. The number of aromatic nitrogens is 2. The summed E-state index contributed by atoms with van der Waals surface area (Å²) in [7, 11) is -1.09. The van der Waals surface area contributed by atoms with Gasteiger partial charge < -0.3 is 5.32 Å². The number of rotatable bonds is 5. The van der Waals surface area contributed by atoms with Gasteiger partial charge in [-0.15, -0.1) is 0 Å². The van der Waals surface area contributed by atoms with Crippen LogP contribution in [0, 0.1) is 12.8 Å². The van der Waals surface area contributed by atoms with Crippen molar-refractivity contribution in [2.24, 2.45) is 13.0 Å². The molecule has 114 valence electrons. The van der Waals surface area contributed by atoms with Crippen LogP contribution in [-0.4, -0.2) is 48.4 Å². The van der Waals surface area contributed by atoms with Gasteiger partial charge in [-0.2, -0.15) is 5.10 Å². The van der Waals surface area contributed by atoms with Gasteiger partial charge in [-0.3, -0.25) is 4.68 Å². The maximum atomic E-state index is 11.4. The summed E-state index contributed by atoms with van der Waals surface area (Å²) in [6, 6.07) is 0. The van der Waals surface area contributed by atoms with Crippen LogP contribution in [0.4, 0.5) is 0 Å². The van der Waals surface area contributed by atoms with Crippen LogP contribution in [0.25, 0.3) is 0 Å². The molecule has 20 heavy (non-hydrogen) atoms. The Labute approximate surface area is 121 Å². The minimum absolute atomic E-state index is 0.553. The summed E-state index contributed by atoms with van der Waals surface area (Å²) in [4.78, 5) is 0. The maximum absolute atomic E-state index is 11.4. The SMILES string of the molecule is Cc1cn(C)nc1CNCC1CCN(S(C)(=O)=O)CC1. The van der Waals surface area contributed by atoms with Gasteiger partial charge in [0, 0.05) is 32.9 Å². The third-order valence-electron chi connectivity index (χ3n) is 3.88. The van der Waals surface area contributed by atoms with Gasteiger partial charge in [0.05, 0.1) is 11.9 Å². The van der Waals surface area contributed by atoms with Crippen molar-refractivity contribution in [3.05, 3.63) is 17.5 Å². The van der Waals surface area contributed by atoms with Crippen LogP contribution < -0.4 is 5.32 Å². The van der Waals surface area contributed by atoms with E-state index in [1.807, 2.05) is 17.9 Å². The van der Waals surface area contributed by atoms with E-state index in [2.05, 4.69) is 17.3 Å². The highest BCUT2D eigenvalue weighted by atomic mass is 32.2. The van der Waals surface area contributed by atoms with Gasteiger partial charge in [0.1, 0.15) is 0 Å². The molecule has 0 amide bonds. The molecule has 0 saturated carbocycles. The maximum Gasteiger partial charge on any atom is 0.211 e. The van der Waals surface area contributed by atoms with E-state index in [0.29, 0.717) is 19.0 Å². The second-order valence-corrected chi connectivity index (χ2v) is 7.65. The largest absolute Gasteiger partial charge is 0.311 e. The minimum Gasteiger partial charge on any atom is -0.311 e.